The van der Waals surface area contributed by atoms with Gasteiger partial charge >= 0.3 is 0 Å². The molecule has 118 valence electrons. The number of nitrogens with one attached hydrogen (secondary N) is 2. The van der Waals surface area contributed by atoms with Gasteiger partial charge in [0.15, 0.2) is 0 Å². The molecule has 0 aliphatic carbocycles. The van der Waals surface area contributed by atoms with Gasteiger partial charge in [0.05, 0.1) is 0 Å². The number of hydrogen-bond acceptors (Lipinski definition) is 2. The maximum atomic E-state index is 11.7. The summed E-state index contributed by atoms with van der Waals surface area (Å²) >= 11 is 0. The molecule has 1 rings (SSSR count). The lowest BCUT2D eigenvalue weighted by Gasteiger charge is -2.21. The minimum absolute atomic E-state index is 0.102. The van der Waals surface area contributed by atoms with Crippen molar-refractivity contribution in [2.75, 3.05) is 11.9 Å². The maximum Gasteiger partial charge on any atom is 0.221 e. The zero-order valence-electron chi connectivity index (χ0n) is 14.3. The van der Waals surface area contributed by atoms with Crippen molar-refractivity contribution in [3.8, 4) is 0 Å². The Hall–Kier alpha value is -1.51. The lowest BCUT2D eigenvalue weighted by molar-refractivity contribution is -0.121. The fraction of sp³-hybridized carbons (Fsp3) is 0.611. The molecule has 2 N–H and O–H groups in total. The van der Waals surface area contributed by atoms with Crippen LogP contribution < -0.4 is 10.6 Å². The second kappa shape index (κ2) is 8.06. The van der Waals surface area contributed by atoms with Crippen molar-refractivity contribution in [1.82, 2.24) is 5.32 Å². The fourth-order valence-electron chi connectivity index (χ4n) is 2.45. The first-order valence-corrected chi connectivity index (χ1v) is 7.99. The molecule has 21 heavy (non-hydrogen) atoms. The van der Waals surface area contributed by atoms with Crippen molar-refractivity contribution in [2.24, 2.45) is 0 Å². The van der Waals surface area contributed by atoms with Crippen molar-refractivity contribution in [1.29, 1.82) is 0 Å². The van der Waals surface area contributed by atoms with E-state index < -0.39 is 0 Å². The van der Waals surface area contributed by atoms with Crippen LogP contribution >= 0.6 is 0 Å². The third-order valence-electron chi connectivity index (χ3n) is 3.48. The number of para-hydroxylation sites is 1. The van der Waals surface area contributed by atoms with E-state index in [9.17, 15) is 4.79 Å². The minimum atomic E-state index is 0.102. The zero-order valence-corrected chi connectivity index (χ0v) is 14.3. The first-order chi connectivity index (χ1) is 9.82. The van der Waals surface area contributed by atoms with Crippen molar-refractivity contribution in [3.05, 3.63) is 29.3 Å². The van der Waals surface area contributed by atoms with E-state index in [4.69, 9.17) is 0 Å². The lowest BCUT2D eigenvalue weighted by atomic mass is 9.92. The zero-order chi connectivity index (χ0) is 16.0. The highest BCUT2D eigenvalue weighted by Crippen LogP contribution is 2.32. The number of benzene rings is 1. The summed E-state index contributed by atoms with van der Waals surface area (Å²) in [5.74, 6) is 1.04. The summed E-state index contributed by atoms with van der Waals surface area (Å²) in [5.41, 5.74) is 3.86. The Kier molecular flexibility index (Phi) is 6.73. The highest BCUT2D eigenvalue weighted by molar-refractivity contribution is 5.76. The molecule has 0 aliphatic rings. The first-order valence-electron chi connectivity index (χ1n) is 7.99. The van der Waals surface area contributed by atoms with E-state index in [2.05, 4.69) is 56.5 Å². The molecule has 0 saturated carbocycles. The van der Waals surface area contributed by atoms with Crippen molar-refractivity contribution in [2.45, 2.75) is 65.8 Å². The largest absolute Gasteiger partial charge is 0.384 e. The average molecular weight is 290 g/mol. The molecule has 0 spiro atoms. The molecule has 0 bridgehead atoms. The number of carbonyl (C=O) groups excluding carboxylic acids is 1. The number of carbonyl (C=O) groups is 1. The SMILES string of the molecule is CC(C)NC(=O)CCNc1c(C(C)C)cccc1C(C)C. The van der Waals surface area contributed by atoms with Gasteiger partial charge < -0.3 is 10.6 Å². The molecule has 0 atom stereocenters. The summed E-state index contributed by atoms with van der Waals surface area (Å²) in [7, 11) is 0. The van der Waals surface area contributed by atoms with E-state index in [1.807, 2.05) is 13.8 Å². The molecular formula is C18H30N2O. The van der Waals surface area contributed by atoms with E-state index in [1.54, 1.807) is 0 Å². The fourth-order valence-corrected chi connectivity index (χ4v) is 2.45. The highest BCUT2D eigenvalue weighted by Gasteiger charge is 2.13. The van der Waals surface area contributed by atoms with Crippen LogP contribution in [0.3, 0.4) is 0 Å². The third kappa shape index (κ3) is 5.41. The molecule has 0 unspecified atom stereocenters. The van der Waals surface area contributed by atoms with Gasteiger partial charge in [-0.05, 0) is 36.8 Å². The summed E-state index contributed by atoms with van der Waals surface area (Å²) in [5, 5.41) is 6.41. The number of anilines is 1. The van der Waals surface area contributed by atoms with Crippen LogP contribution in [0.4, 0.5) is 5.69 Å². The Morgan fingerprint density at radius 2 is 1.52 bits per heavy atom. The van der Waals surface area contributed by atoms with Crippen LogP contribution in [-0.2, 0) is 4.79 Å². The Morgan fingerprint density at radius 1 is 1.00 bits per heavy atom. The molecule has 1 aromatic rings. The first kappa shape index (κ1) is 17.5. The molecule has 1 amide bonds. The minimum Gasteiger partial charge on any atom is -0.384 e. The molecule has 0 fully saturated rings. The number of hydrogen-bond donors (Lipinski definition) is 2. The van der Waals surface area contributed by atoms with Gasteiger partial charge in [-0.1, -0.05) is 45.9 Å². The predicted octanol–water partition coefficient (Wildman–Crippen LogP) is 4.26. The average Bonchev–Trinajstić information content (AvgIpc) is 2.37. The Balaban J connectivity index is 2.79. The van der Waals surface area contributed by atoms with Crippen LogP contribution in [-0.4, -0.2) is 18.5 Å². The highest BCUT2D eigenvalue weighted by atomic mass is 16.1. The van der Waals surface area contributed by atoms with Crippen LogP contribution in [0.15, 0.2) is 18.2 Å². The predicted molar refractivity (Wildman–Crippen MR) is 91.0 cm³/mol. The summed E-state index contributed by atoms with van der Waals surface area (Å²) in [6.45, 7) is 13.5. The number of rotatable bonds is 7. The van der Waals surface area contributed by atoms with Crippen molar-refractivity contribution < 1.29 is 4.79 Å². The second-order valence-corrected chi connectivity index (χ2v) is 6.52. The Morgan fingerprint density at radius 3 is 1.95 bits per heavy atom. The van der Waals surface area contributed by atoms with E-state index in [0.717, 1.165) is 0 Å². The van der Waals surface area contributed by atoms with Gasteiger partial charge in [0.2, 0.25) is 5.91 Å². The molecular weight excluding hydrogens is 260 g/mol. The van der Waals surface area contributed by atoms with E-state index >= 15 is 0 Å². The van der Waals surface area contributed by atoms with Crippen LogP contribution in [0.1, 0.15) is 70.9 Å². The molecule has 3 heteroatoms. The summed E-state index contributed by atoms with van der Waals surface area (Å²) in [4.78, 5) is 11.7. The summed E-state index contributed by atoms with van der Waals surface area (Å²) in [6, 6.07) is 6.67. The van der Waals surface area contributed by atoms with E-state index in [1.165, 1.54) is 16.8 Å². The maximum absolute atomic E-state index is 11.7. The summed E-state index contributed by atoms with van der Waals surface area (Å²) < 4.78 is 0. The molecule has 0 aromatic heterocycles. The smallest absolute Gasteiger partial charge is 0.221 e. The standard InChI is InChI=1S/C18H30N2O/c1-12(2)15-8-7-9-16(13(3)4)18(15)19-11-10-17(21)20-14(5)6/h7-9,12-14,19H,10-11H2,1-6H3,(H,20,21). The van der Waals surface area contributed by atoms with Crippen LogP contribution in [0, 0.1) is 0 Å². The Bertz CT molecular complexity index is 438. The van der Waals surface area contributed by atoms with Gasteiger partial charge in [-0.25, -0.2) is 0 Å². The third-order valence-corrected chi connectivity index (χ3v) is 3.48. The quantitative estimate of drug-likeness (QED) is 0.787. The molecule has 3 nitrogen and oxygen atoms in total. The van der Waals surface area contributed by atoms with Crippen LogP contribution in [0.5, 0.6) is 0 Å². The molecule has 1 aromatic carbocycles. The van der Waals surface area contributed by atoms with Gasteiger partial charge in [0, 0.05) is 24.7 Å². The molecule has 0 saturated heterocycles. The second-order valence-electron chi connectivity index (χ2n) is 6.52. The van der Waals surface area contributed by atoms with Gasteiger partial charge in [0.1, 0.15) is 0 Å². The van der Waals surface area contributed by atoms with E-state index in [-0.39, 0.29) is 11.9 Å². The topological polar surface area (TPSA) is 41.1 Å². The lowest BCUT2D eigenvalue weighted by Crippen LogP contribution is -2.31. The van der Waals surface area contributed by atoms with Gasteiger partial charge in [-0.3, -0.25) is 4.79 Å². The van der Waals surface area contributed by atoms with Gasteiger partial charge in [0.25, 0.3) is 0 Å². The van der Waals surface area contributed by atoms with Crippen molar-refractivity contribution in [3.63, 3.8) is 0 Å². The van der Waals surface area contributed by atoms with Crippen LogP contribution in [0.25, 0.3) is 0 Å². The van der Waals surface area contributed by atoms with Crippen molar-refractivity contribution >= 4 is 11.6 Å². The normalized spacial score (nSPS) is 11.3. The Labute approximate surface area is 129 Å². The summed E-state index contributed by atoms with van der Waals surface area (Å²) in [6.07, 6.45) is 0.502. The monoisotopic (exact) mass is 290 g/mol. The van der Waals surface area contributed by atoms with Crippen LogP contribution in [0.2, 0.25) is 0 Å². The van der Waals surface area contributed by atoms with E-state index in [0.29, 0.717) is 24.8 Å². The molecule has 0 heterocycles. The molecule has 0 radical (unpaired) electrons. The van der Waals surface area contributed by atoms with Gasteiger partial charge in [-0.15, -0.1) is 0 Å². The van der Waals surface area contributed by atoms with Gasteiger partial charge in [-0.2, -0.15) is 0 Å². The number of amides is 1. The molecule has 0 aliphatic heterocycles.